The van der Waals surface area contributed by atoms with E-state index in [0.717, 1.165) is 16.2 Å². The molecule has 2 heterocycles. The fourth-order valence-corrected chi connectivity index (χ4v) is 3.02. The molecule has 2 aromatic heterocycles. The van der Waals surface area contributed by atoms with Crippen LogP contribution in [-0.4, -0.2) is 27.8 Å². The average molecular weight is 370 g/mol. The molecule has 1 unspecified atom stereocenters. The molecule has 0 bridgehead atoms. The minimum Gasteiger partial charge on any atom is -0.497 e. The zero-order valence-corrected chi connectivity index (χ0v) is 15.4. The van der Waals surface area contributed by atoms with Crippen molar-refractivity contribution in [1.82, 2.24) is 14.8 Å². The van der Waals surface area contributed by atoms with E-state index in [0.29, 0.717) is 10.8 Å². The van der Waals surface area contributed by atoms with Gasteiger partial charge in [0.1, 0.15) is 11.8 Å². The van der Waals surface area contributed by atoms with Crippen LogP contribution in [-0.2, 0) is 4.79 Å². The fraction of sp³-hybridized carbons (Fsp3) is 0.222. The van der Waals surface area contributed by atoms with E-state index in [-0.39, 0.29) is 11.5 Å². The number of thiazole rings is 1. The van der Waals surface area contributed by atoms with E-state index in [4.69, 9.17) is 4.74 Å². The van der Waals surface area contributed by atoms with Crippen LogP contribution in [0.5, 0.6) is 5.75 Å². The number of hydrogen-bond donors (Lipinski definition) is 1. The Labute approximate surface area is 154 Å². The first-order chi connectivity index (χ1) is 12.5. The molecule has 3 rings (SSSR count). The van der Waals surface area contributed by atoms with Crippen LogP contribution in [0.3, 0.4) is 0 Å². The summed E-state index contributed by atoms with van der Waals surface area (Å²) >= 11 is 1.37. The van der Waals surface area contributed by atoms with Crippen LogP contribution in [0, 0.1) is 6.92 Å². The van der Waals surface area contributed by atoms with Crippen molar-refractivity contribution in [3.05, 3.63) is 57.8 Å². The Balaban J connectivity index is 1.86. The highest BCUT2D eigenvalue weighted by Crippen LogP contribution is 2.21. The third-order valence-electron chi connectivity index (χ3n) is 3.81. The SMILES string of the molecule is COc1ccc(-c2ccc(=O)n(C(C)C(=O)Nc3ncc(C)s3)n2)cc1. The van der Waals surface area contributed by atoms with Gasteiger partial charge < -0.3 is 10.1 Å². The van der Waals surface area contributed by atoms with Gasteiger partial charge in [-0.3, -0.25) is 9.59 Å². The van der Waals surface area contributed by atoms with Crippen molar-refractivity contribution in [2.24, 2.45) is 0 Å². The predicted octanol–water partition coefficient (Wildman–Crippen LogP) is 2.88. The van der Waals surface area contributed by atoms with Crippen LogP contribution >= 0.6 is 11.3 Å². The molecule has 1 atom stereocenters. The van der Waals surface area contributed by atoms with E-state index >= 15 is 0 Å². The predicted molar refractivity (Wildman–Crippen MR) is 101 cm³/mol. The zero-order valence-electron chi connectivity index (χ0n) is 14.6. The highest BCUT2D eigenvalue weighted by atomic mass is 32.1. The van der Waals surface area contributed by atoms with Gasteiger partial charge in [0, 0.05) is 22.7 Å². The van der Waals surface area contributed by atoms with Crippen LogP contribution in [0.2, 0.25) is 0 Å². The first-order valence-electron chi connectivity index (χ1n) is 7.95. The number of amides is 1. The van der Waals surface area contributed by atoms with Crippen LogP contribution < -0.4 is 15.6 Å². The van der Waals surface area contributed by atoms with Gasteiger partial charge in [-0.25, -0.2) is 9.67 Å². The number of nitrogens with zero attached hydrogens (tertiary/aromatic N) is 3. The lowest BCUT2D eigenvalue weighted by atomic mass is 10.1. The number of anilines is 1. The smallest absolute Gasteiger partial charge is 0.267 e. The van der Waals surface area contributed by atoms with Gasteiger partial charge in [-0.2, -0.15) is 5.10 Å². The van der Waals surface area contributed by atoms with Crippen LogP contribution in [0.15, 0.2) is 47.4 Å². The topological polar surface area (TPSA) is 86.1 Å². The number of aromatic nitrogens is 3. The number of hydrogen-bond acceptors (Lipinski definition) is 6. The first kappa shape index (κ1) is 17.8. The molecule has 0 saturated carbocycles. The fourth-order valence-electron chi connectivity index (χ4n) is 2.35. The molecule has 7 nitrogen and oxygen atoms in total. The lowest BCUT2D eigenvalue weighted by Crippen LogP contribution is -2.33. The minimum atomic E-state index is -0.773. The van der Waals surface area contributed by atoms with Crippen molar-refractivity contribution in [3.8, 4) is 17.0 Å². The van der Waals surface area contributed by atoms with E-state index in [1.807, 2.05) is 31.2 Å². The van der Waals surface area contributed by atoms with Crippen molar-refractivity contribution in [2.75, 3.05) is 12.4 Å². The molecular formula is C18H18N4O3S. The molecule has 134 valence electrons. The lowest BCUT2D eigenvalue weighted by molar-refractivity contribution is -0.119. The maximum absolute atomic E-state index is 12.4. The Hall–Kier alpha value is -3.00. The first-order valence-corrected chi connectivity index (χ1v) is 8.77. The summed E-state index contributed by atoms with van der Waals surface area (Å²) in [7, 11) is 1.59. The molecule has 0 radical (unpaired) electrons. The summed E-state index contributed by atoms with van der Waals surface area (Å²) < 4.78 is 6.32. The van der Waals surface area contributed by atoms with Gasteiger partial charge in [-0.1, -0.05) is 0 Å². The van der Waals surface area contributed by atoms with E-state index < -0.39 is 6.04 Å². The van der Waals surface area contributed by atoms with E-state index in [1.54, 1.807) is 26.3 Å². The van der Waals surface area contributed by atoms with Gasteiger partial charge in [-0.05, 0) is 44.2 Å². The Bertz CT molecular complexity index is 979. The maximum atomic E-state index is 12.4. The van der Waals surface area contributed by atoms with Gasteiger partial charge in [0.2, 0.25) is 0 Å². The zero-order chi connectivity index (χ0) is 18.7. The summed E-state index contributed by atoms with van der Waals surface area (Å²) in [6.07, 6.45) is 1.68. The normalized spacial score (nSPS) is 11.8. The highest BCUT2D eigenvalue weighted by molar-refractivity contribution is 7.15. The molecular weight excluding hydrogens is 352 g/mol. The number of ether oxygens (including phenoxy) is 1. The quantitative estimate of drug-likeness (QED) is 0.746. The summed E-state index contributed by atoms with van der Waals surface area (Å²) in [4.78, 5) is 29.7. The minimum absolute atomic E-state index is 0.346. The van der Waals surface area contributed by atoms with Gasteiger partial charge in [0.05, 0.1) is 12.8 Å². The molecule has 0 fully saturated rings. The molecule has 26 heavy (non-hydrogen) atoms. The molecule has 0 saturated heterocycles. The van der Waals surface area contributed by atoms with Crippen LogP contribution in [0.25, 0.3) is 11.3 Å². The second-order valence-electron chi connectivity index (χ2n) is 5.67. The number of rotatable bonds is 5. The third-order valence-corrected chi connectivity index (χ3v) is 4.64. The number of methoxy groups -OCH3 is 1. The van der Waals surface area contributed by atoms with Crippen molar-refractivity contribution >= 4 is 22.4 Å². The van der Waals surface area contributed by atoms with Crippen molar-refractivity contribution in [2.45, 2.75) is 19.9 Å². The van der Waals surface area contributed by atoms with Gasteiger partial charge in [-0.15, -0.1) is 11.3 Å². The Morgan fingerprint density at radius 1 is 1.23 bits per heavy atom. The number of carbonyl (C=O) groups excluding carboxylic acids is 1. The highest BCUT2D eigenvalue weighted by Gasteiger charge is 2.19. The summed E-state index contributed by atoms with van der Waals surface area (Å²) in [5, 5.41) is 7.56. The van der Waals surface area contributed by atoms with Crippen molar-refractivity contribution in [3.63, 3.8) is 0 Å². The van der Waals surface area contributed by atoms with E-state index in [1.165, 1.54) is 22.1 Å². The van der Waals surface area contributed by atoms with Crippen molar-refractivity contribution < 1.29 is 9.53 Å². The monoisotopic (exact) mass is 370 g/mol. The summed E-state index contributed by atoms with van der Waals surface area (Å²) in [5.74, 6) is 0.384. The van der Waals surface area contributed by atoms with Crippen LogP contribution in [0.4, 0.5) is 5.13 Å². The number of aryl methyl sites for hydroxylation is 1. The molecule has 0 aliphatic carbocycles. The summed E-state index contributed by atoms with van der Waals surface area (Å²) in [6, 6.07) is 9.59. The number of benzene rings is 1. The van der Waals surface area contributed by atoms with E-state index in [9.17, 15) is 9.59 Å². The summed E-state index contributed by atoms with van der Waals surface area (Å²) in [6.45, 7) is 3.53. The molecule has 8 heteroatoms. The van der Waals surface area contributed by atoms with Gasteiger partial charge in [0.25, 0.3) is 11.5 Å². The maximum Gasteiger partial charge on any atom is 0.267 e. The third kappa shape index (κ3) is 3.80. The largest absolute Gasteiger partial charge is 0.497 e. The molecule has 0 spiro atoms. The molecule has 3 aromatic rings. The van der Waals surface area contributed by atoms with Gasteiger partial charge in [0.15, 0.2) is 5.13 Å². The van der Waals surface area contributed by atoms with Crippen molar-refractivity contribution in [1.29, 1.82) is 0 Å². The molecule has 1 amide bonds. The number of carbonyl (C=O) groups is 1. The molecule has 1 N–H and O–H groups in total. The van der Waals surface area contributed by atoms with Gasteiger partial charge >= 0.3 is 0 Å². The standard InChI is InChI=1S/C18H18N4O3S/c1-11-10-19-18(26-11)20-17(24)12(2)22-16(23)9-8-15(21-22)13-4-6-14(25-3)7-5-13/h4-10,12H,1-3H3,(H,19,20,24). The lowest BCUT2D eigenvalue weighted by Gasteiger charge is -2.14. The Morgan fingerprint density at radius 3 is 2.58 bits per heavy atom. The molecule has 0 aliphatic heterocycles. The number of nitrogens with one attached hydrogen (secondary N) is 1. The van der Waals surface area contributed by atoms with E-state index in [2.05, 4.69) is 15.4 Å². The second-order valence-corrected chi connectivity index (χ2v) is 6.91. The summed E-state index contributed by atoms with van der Waals surface area (Å²) in [5.41, 5.74) is 1.07. The molecule has 0 aliphatic rings. The Kier molecular flexibility index (Phi) is 5.13. The van der Waals surface area contributed by atoms with Crippen LogP contribution in [0.1, 0.15) is 17.8 Å². The molecule has 1 aromatic carbocycles. The average Bonchev–Trinajstić information content (AvgIpc) is 3.06. The second kappa shape index (κ2) is 7.49. The Morgan fingerprint density at radius 2 is 1.96 bits per heavy atom.